The third-order valence-electron chi connectivity index (χ3n) is 3.94. The molecule has 1 unspecified atom stereocenters. The third kappa shape index (κ3) is 4.91. The van der Waals surface area contributed by atoms with Gasteiger partial charge in [-0.05, 0) is 24.5 Å². The van der Waals surface area contributed by atoms with E-state index in [9.17, 15) is 4.79 Å². The zero-order valence-corrected chi connectivity index (χ0v) is 14.3. The smallest absolute Gasteiger partial charge is 0.227 e. The Bertz CT molecular complexity index is 467. The molecule has 1 aromatic carbocycles. The van der Waals surface area contributed by atoms with Crippen LogP contribution in [0.2, 0.25) is 0 Å². The third-order valence-corrected chi connectivity index (χ3v) is 3.94. The van der Waals surface area contributed by atoms with Crippen LogP contribution in [0.15, 0.2) is 18.2 Å². The van der Waals surface area contributed by atoms with E-state index in [2.05, 4.69) is 13.8 Å². The van der Waals surface area contributed by atoms with Crippen molar-refractivity contribution in [3.05, 3.63) is 23.8 Å². The Labute approximate surface area is 133 Å². The molecule has 0 fully saturated rings. The number of benzene rings is 1. The highest BCUT2D eigenvalue weighted by molar-refractivity contribution is 5.80. The number of rotatable bonds is 8. The lowest BCUT2D eigenvalue weighted by Gasteiger charge is -2.22. The van der Waals surface area contributed by atoms with Crippen LogP contribution in [0.3, 0.4) is 0 Å². The van der Waals surface area contributed by atoms with E-state index in [4.69, 9.17) is 15.2 Å². The molecule has 5 heteroatoms. The van der Waals surface area contributed by atoms with Crippen LogP contribution < -0.4 is 15.2 Å². The molecule has 0 bridgehead atoms. The summed E-state index contributed by atoms with van der Waals surface area (Å²) in [4.78, 5) is 14.1. The molecule has 0 aliphatic rings. The second-order valence-corrected chi connectivity index (χ2v) is 5.83. The molecule has 5 nitrogen and oxygen atoms in total. The Balaban J connectivity index is 2.72. The molecule has 0 spiro atoms. The minimum atomic E-state index is 0.0266. The maximum absolute atomic E-state index is 12.4. The van der Waals surface area contributed by atoms with Crippen molar-refractivity contribution < 1.29 is 14.3 Å². The highest BCUT2D eigenvalue weighted by atomic mass is 16.5. The molecule has 1 amide bonds. The molecule has 1 rings (SSSR count). The Kier molecular flexibility index (Phi) is 7.18. The summed E-state index contributed by atoms with van der Waals surface area (Å²) in [6, 6.07) is 5.62. The van der Waals surface area contributed by atoms with E-state index in [-0.39, 0.29) is 18.4 Å². The van der Waals surface area contributed by atoms with Crippen LogP contribution in [0.5, 0.6) is 11.5 Å². The summed E-state index contributed by atoms with van der Waals surface area (Å²) in [7, 11) is 4.99. The van der Waals surface area contributed by atoms with Crippen molar-refractivity contribution in [1.29, 1.82) is 0 Å². The lowest BCUT2D eigenvalue weighted by Crippen LogP contribution is -2.35. The molecule has 0 heterocycles. The first-order chi connectivity index (χ1) is 10.4. The summed E-state index contributed by atoms with van der Waals surface area (Å²) in [5.41, 5.74) is 6.81. The molecule has 0 saturated heterocycles. The summed E-state index contributed by atoms with van der Waals surface area (Å²) in [5.74, 6) is 1.77. The number of ether oxygens (including phenoxy) is 2. The summed E-state index contributed by atoms with van der Waals surface area (Å²) >= 11 is 0. The van der Waals surface area contributed by atoms with Crippen molar-refractivity contribution in [3.63, 3.8) is 0 Å². The number of hydrogen-bond acceptors (Lipinski definition) is 4. The first kappa shape index (κ1) is 18.3. The van der Waals surface area contributed by atoms with Crippen molar-refractivity contribution in [2.45, 2.75) is 32.7 Å². The lowest BCUT2D eigenvalue weighted by molar-refractivity contribution is -0.129. The topological polar surface area (TPSA) is 64.8 Å². The quantitative estimate of drug-likeness (QED) is 0.798. The molecular weight excluding hydrogens is 280 g/mol. The molecule has 0 saturated carbocycles. The fraction of sp³-hybridized carbons (Fsp3) is 0.588. The van der Waals surface area contributed by atoms with Crippen molar-refractivity contribution >= 4 is 5.91 Å². The number of methoxy groups -OCH3 is 2. The van der Waals surface area contributed by atoms with Crippen LogP contribution in [-0.4, -0.2) is 44.7 Å². The van der Waals surface area contributed by atoms with Gasteiger partial charge in [0.25, 0.3) is 0 Å². The predicted molar refractivity (Wildman–Crippen MR) is 88.3 cm³/mol. The summed E-state index contributed by atoms with van der Waals surface area (Å²) in [6.45, 7) is 4.83. The number of carbonyl (C=O) groups excluding carboxylic acids is 1. The first-order valence-electron chi connectivity index (χ1n) is 7.60. The minimum absolute atomic E-state index is 0.0266. The highest BCUT2D eigenvalue weighted by Gasteiger charge is 2.18. The van der Waals surface area contributed by atoms with Gasteiger partial charge >= 0.3 is 0 Å². The number of amides is 1. The number of likely N-dealkylation sites (N-methyl/N-ethyl adjacent to an activating group) is 1. The first-order valence-corrected chi connectivity index (χ1v) is 7.60. The Morgan fingerprint density at radius 1 is 1.23 bits per heavy atom. The van der Waals surface area contributed by atoms with Gasteiger partial charge in [-0.3, -0.25) is 4.79 Å². The van der Waals surface area contributed by atoms with E-state index in [0.29, 0.717) is 24.0 Å². The molecule has 0 aliphatic heterocycles. The van der Waals surface area contributed by atoms with Crippen LogP contribution in [0, 0.1) is 5.92 Å². The molecule has 2 N–H and O–H groups in total. The Hall–Kier alpha value is -1.75. The lowest BCUT2D eigenvalue weighted by atomic mass is 10.0. The number of nitrogens with two attached hydrogens (primary N) is 1. The molecular formula is C17H28N2O3. The van der Waals surface area contributed by atoms with E-state index < -0.39 is 0 Å². The van der Waals surface area contributed by atoms with Crippen molar-refractivity contribution in [3.8, 4) is 11.5 Å². The van der Waals surface area contributed by atoms with Gasteiger partial charge in [0, 0.05) is 25.2 Å². The number of carbonyl (C=O) groups is 1. The molecule has 0 radical (unpaired) electrons. The average Bonchev–Trinajstić information content (AvgIpc) is 2.51. The van der Waals surface area contributed by atoms with Crippen LogP contribution in [0.25, 0.3) is 0 Å². The van der Waals surface area contributed by atoms with Crippen molar-refractivity contribution in [1.82, 2.24) is 4.90 Å². The molecule has 1 atom stereocenters. The summed E-state index contributed by atoms with van der Waals surface area (Å²) < 4.78 is 10.7. The van der Waals surface area contributed by atoms with E-state index >= 15 is 0 Å². The van der Waals surface area contributed by atoms with E-state index in [1.807, 2.05) is 18.2 Å². The van der Waals surface area contributed by atoms with Crippen LogP contribution in [0.1, 0.15) is 25.8 Å². The highest BCUT2D eigenvalue weighted by Crippen LogP contribution is 2.29. The maximum atomic E-state index is 12.4. The maximum Gasteiger partial charge on any atom is 0.227 e. The van der Waals surface area contributed by atoms with Gasteiger partial charge in [-0.2, -0.15) is 0 Å². The summed E-state index contributed by atoms with van der Waals surface area (Å²) in [6.07, 6.45) is 1.05. The van der Waals surface area contributed by atoms with Gasteiger partial charge in [0.1, 0.15) is 11.5 Å². The normalized spacial score (nSPS) is 12.1. The second kappa shape index (κ2) is 8.63. The van der Waals surface area contributed by atoms with Crippen LogP contribution in [0.4, 0.5) is 0 Å². The monoisotopic (exact) mass is 308 g/mol. The van der Waals surface area contributed by atoms with Gasteiger partial charge in [-0.15, -0.1) is 0 Å². The van der Waals surface area contributed by atoms with E-state index in [0.717, 1.165) is 12.0 Å². The minimum Gasteiger partial charge on any atom is -0.496 e. The van der Waals surface area contributed by atoms with Crippen molar-refractivity contribution in [2.24, 2.45) is 11.7 Å². The van der Waals surface area contributed by atoms with Gasteiger partial charge in [0.15, 0.2) is 0 Å². The molecule has 1 aromatic rings. The van der Waals surface area contributed by atoms with E-state index in [1.165, 1.54) is 0 Å². The molecule has 0 aromatic heterocycles. The molecule has 0 aliphatic carbocycles. The fourth-order valence-electron chi connectivity index (χ4n) is 2.19. The predicted octanol–water partition coefficient (Wildman–Crippen LogP) is 2.08. The number of nitrogens with zero attached hydrogens (tertiary/aromatic N) is 1. The number of hydrogen-bond donors (Lipinski definition) is 1. The Morgan fingerprint density at radius 2 is 1.77 bits per heavy atom. The SMILES string of the molecule is COc1cccc(OC)c1CC(=O)N(C)CCC(N)C(C)C. The van der Waals surface area contributed by atoms with Crippen LogP contribution in [-0.2, 0) is 11.2 Å². The molecule has 22 heavy (non-hydrogen) atoms. The Morgan fingerprint density at radius 3 is 2.23 bits per heavy atom. The van der Waals surface area contributed by atoms with E-state index in [1.54, 1.807) is 26.2 Å². The fourth-order valence-corrected chi connectivity index (χ4v) is 2.19. The van der Waals surface area contributed by atoms with Gasteiger partial charge in [-0.25, -0.2) is 0 Å². The summed E-state index contributed by atoms with van der Waals surface area (Å²) in [5, 5.41) is 0. The molecule has 124 valence electrons. The largest absolute Gasteiger partial charge is 0.496 e. The van der Waals surface area contributed by atoms with Gasteiger partial charge in [-0.1, -0.05) is 19.9 Å². The zero-order valence-electron chi connectivity index (χ0n) is 14.3. The second-order valence-electron chi connectivity index (χ2n) is 5.83. The average molecular weight is 308 g/mol. The van der Waals surface area contributed by atoms with Gasteiger partial charge in [0.05, 0.1) is 20.6 Å². The van der Waals surface area contributed by atoms with Gasteiger partial charge < -0.3 is 20.1 Å². The van der Waals surface area contributed by atoms with Crippen molar-refractivity contribution in [2.75, 3.05) is 27.8 Å². The zero-order chi connectivity index (χ0) is 16.7. The van der Waals surface area contributed by atoms with Crippen LogP contribution >= 0.6 is 0 Å². The standard InChI is InChI=1S/C17H28N2O3/c1-12(2)14(18)9-10-19(3)17(20)11-13-15(21-4)7-6-8-16(13)22-5/h6-8,12,14H,9-11,18H2,1-5H3. The van der Waals surface area contributed by atoms with Gasteiger partial charge in [0.2, 0.25) is 5.91 Å².